The van der Waals surface area contributed by atoms with Crippen LogP contribution in [-0.4, -0.2) is 44.6 Å². The lowest BCUT2D eigenvalue weighted by Gasteiger charge is -2.18. The first-order valence-electron chi connectivity index (χ1n) is 5.26. The van der Waals surface area contributed by atoms with Gasteiger partial charge in [-0.1, -0.05) is 0 Å². The van der Waals surface area contributed by atoms with Crippen molar-refractivity contribution in [3.63, 3.8) is 0 Å². The van der Waals surface area contributed by atoms with Gasteiger partial charge in [-0.3, -0.25) is 9.59 Å². The lowest BCUT2D eigenvalue weighted by atomic mass is 10.0. The molecule has 0 spiro atoms. The molecule has 1 aliphatic heterocycles. The predicted octanol–water partition coefficient (Wildman–Crippen LogP) is -0.791. The molecule has 2 amide bonds. The van der Waals surface area contributed by atoms with Gasteiger partial charge >= 0.3 is 11.9 Å². The van der Waals surface area contributed by atoms with Crippen molar-refractivity contribution in [1.82, 2.24) is 5.06 Å². The number of hydroxylamine groups is 2. The fraction of sp³-hybridized carbons (Fsp3) is 0.600. The summed E-state index contributed by atoms with van der Waals surface area (Å²) in [6, 6.07) is 0. The standard InChI is InChI=1S/C10H13NO7/c1-10(17,9(15)16)5-4-8(14)18-11-6(12)2-3-7(11)13/h17H,2-5H2,1H3,(H,15,16). The number of imide groups is 1. The summed E-state index contributed by atoms with van der Waals surface area (Å²) in [6.07, 6.45) is -0.828. The second-order valence-electron chi connectivity index (χ2n) is 4.12. The van der Waals surface area contributed by atoms with Crippen LogP contribution in [0.5, 0.6) is 0 Å². The molecule has 1 aliphatic rings. The molecule has 1 saturated heterocycles. The fourth-order valence-electron chi connectivity index (χ4n) is 1.26. The number of carboxylic acid groups (broad SMARTS) is 1. The topological polar surface area (TPSA) is 121 Å². The molecule has 1 rings (SSSR count). The predicted molar refractivity (Wildman–Crippen MR) is 54.7 cm³/mol. The summed E-state index contributed by atoms with van der Waals surface area (Å²) < 4.78 is 0. The summed E-state index contributed by atoms with van der Waals surface area (Å²) in [4.78, 5) is 48.6. The molecule has 8 nitrogen and oxygen atoms in total. The van der Waals surface area contributed by atoms with Crippen LogP contribution >= 0.6 is 0 Å². The van der Waals surface area contributed by atoms with Crippen molar-refractivity contribution in [2.24, 2.45) is 0 Å². The number of carbonyl (C=O) groups excluding carboxylic acids is 3. The monoisotopic (exact) mass is 259 g/mol. The number of nitrogens with zero attached hydrogens (tertiary/aromatic N) is 1. The number of carboxylic acids is 1. The molecule has 8 heteroatoms. The van der Waals surface area contributed by atoms with Gasteiger partial charge in [-0.2, -0.15) is 0 Å². The van der Waals surface area contributed by atoms with Gasteiger partial charge in [0.1, 0.15) is 0 Å². The quantitative estimate of drug-likeness (QED) is 0.620. The van der Waals surface area contributed by atoms with Gasteiger partial charge in [0.25, 0.3) is 11.8 Å². The Bertz CT molecular complexity index is 385. The van der Waals surface area contributed by atoms with E-state index in [1.54, 1.807) is 0 Å². The normalized spacial score (nSPS) is 18.7. The Labute approximate surface area is 102 Å². The number of carbonyl (C=O) groups is 4. The van der Waals surface area contributed by atoms with Crippen molar-refractivity contribution >= 4 is 23.8 Å². The van der Waals surface area contributed by atoms with E-state index in [1.165, 1.54) is 0 Å². The van der Waals surface area contributed by atoms with Crippen LogP contribution in [0.4, 0.5) is 0 Å². The van der Waals surface area contributed by atoms with E-state index in [9.17, 15) is 24.3 Å². The SMILES string of the molecule is CC(O)(CCC(=O)ON1C(=O)CCC1=O)C(=O)O. The first kappa shape index (κ1) is 14.1. The number of aliphatic hydroxyl groups is 1. The minimum atomic E-state index is -2.06. The van der Waals surface area contributed by atoms with Crippen molar-refractivity contribution in [1.29, 1.82) is 0 Å². The zero-order valence-corrected chi connectivity index (χ0v) is 9.71. The summed E-state index contributed by atoms with van der Waals surface area (Å²) in [7, 11) is 0. The zero-order valence-electron chi connectivity index (χ0n) is 9.71. The third kappa shape index (κ3) is 3.27. The van der Waals surface area contributed by atoms with E-state index < -0.39 is 35.8 Å². The maximum absolute atomic E-state index is 11.3. The van der Waals surface area contributed by atoms with Crippen molar-refractivity contribution in [3.05, 3.63) is 0 Å². The van der Waals surface area contributed by atoms with E-state index in [1.807, 2.05) is 0 Å². The van der Waals surface area contributed by atoms with Gasteiger partial charge in [-0.05, 0) is 13.3 Å². The highest BCUT2D eigenvalue weighted by molar-refractivity contribution is 6.01. The van der Waals surface area contributed by atoms with Crippen LogP contribution in [0.3, 0.4) is 0 Å². The second kappa shape index (κ2) is 5.13. The summed E-state index contributed by atoms with van der Waals surface area (Å²) in [5, 5.41) is 18.3. The number of hydrogen-bond donors (Lipinski definition) is 2. The Morgan fingerprint density at radius 2 is 1.83 bits per heavy atom. The van der Waals surface area contributed by atoms with E-state index in [0.29, 0.717) is 5.06 Å². The molecular formula is C10H13NO7. The average molecular weight is 259 g/mol. The number of hydrogen-bond acceptors (Lipinski definition) is 6. The molecule has 1 heterocycles. The molecule has 100 valence electrons. The van der Waals surface area contributed by atoms with E-state index in [-0.39, 0.29) is 19.3 Å². The molecule has 1 atom stereocenters. The van der Waals surface area contributed by atoms with Crippen LogP contribution in [0.1, 0.15) is 32.6 Å². The average Bonchev–Trinajstić information content (AvgIpc) is 2.58. The lowest BCUT2D eigenvalue weighted by Crippen LogP contribution is -2.37. The van der Waals surface area contributed by atoms with Crippen LogP contribution in [0.25, 0.3) is 0 Å². The smallest absolute Gasteiger partial charge is 0.335 e. The van der Waals surface area contributed by atoms with Crippen LogP contribution < -0.4 is 0 Å². The van der Waals surface area contributed by atoms with E-state index >= 15 is 0 Å². The van der Waals surface area contributed by atoms with Gasteiger partial charge in [0.2, 0.25) is 0 Å². The van der Waals surface area contributed by atoms with Gasteiger partial charge in [-0.25, -0.2) is 9.59 Å². The highest BCUT2D eigenvalue weighted by atomic mass is 16.7. The molecule has 1 fully saturated rings. The van der Waals surface area contributed by atoms with Crippen molar-refractivity contribution in [2.45, 2.75) is 38.2 Å². The van der Waals surface area contributed by atoms with Gasteiger partial charge in [0.05, 0.1) is 6.42 Å². The largest absolute Gasteiger partial charge is 0.479 e. The maximum atomic E-state index is 11.3. The Kier molecular flexibility index (Phi) is 4.02. The molecular weight excluding hydrogens is 246 g/mol. The van der Waals surface area contributed by atoms with Crippen molar-refractivity contribution in [3.8, 4) is 0 Å². The second-order valence-corrected chi connectivity index (χ2v) is 4.12. The third-order valence-corrected chi connectivity index (χ3v) is 2.48. The minimum Gasteiger partial charge on any atom is -0.479 e. The first-order valence-corrected chi connectivity index (χ1v) is 5.26. The third-order valence-electron chi connectivity index (χ3n) is 2.48. The van der Waals surface area contributed by atoms with Crippen LogP contribution in [0.15, 0.2) is 0 Å². The molecule has 1 unspecified atom stereocenters. The van der Waals surface area contributed by atoms with Crippen molar-refractivity contribution in [2.75, 3.05) is 0 Å². The van der Waals surface area contributed by atoms with Gasteiger partial charge in [0.15, 0.2) is 5.60 Å². The van der Waals surface area contributed by atoms with Gasteiger partial charge < -0.3 is 15.1 Å². The van der Waals surface area contributed by atoms with Crippen LogP contribution in [-0.2, 0) is 24.0 Å². The Hall–Kier alpha value is -1.96. The molecule has 0 radical (unpaired) electrons. The van der Waals surface area contributed by atoms with E-state index in [0.717, 1.165) is 6.92 Å². The minimum absolute atomic E-state index is 0.0149. The molecule has 0 aromatic heterocycles. The van der Waals surface area contributed by atoms with Crippen LogP contribution in [0, 0.1) is 0 Å². The van der Waals surface area contributed by atoms with Gasteiger partial charge in [0, 0.05) is 12.8 Å². The number of rotatable bonds is 5. The molecule has 0 aromatic carbocycles. The summed E-state index contributed by atoms with van der Waals surface area (Å²) in [5.41, 5.74) is -2.06. The highest BCUT2D eigenvalue weighted by Gasteiger charge is 2.34. The Morgan fingerprint density at radius 1 is 1.33 bits per heavy atom. The summed E-state index contributed by atoms with van der Waals surface area (Å²) in [6.45, 7) is 1.04. The van der Waals surface area contributed by atoms with Gasteiger partial charge in [-0.15, -0.1) is 5.06 Å². The maximum Gasteiger partial charge on any atom is 0.335 e. The fourth-order valence-corrected chi connectivity index (χ4v) is 1.26. The molecule has 0 saturated carbocycles. The molecule has 0 aliphatic carbocycles. The van der Waals surface area contributed by atoms with Crippen LogP contribution in [0.2, 0.25) is 0 Å². The molecule has 0 bridgehead atoms. The number of amides is 2. The first-order chi connectivity index (χ1) is 8.24. The summed E-state index contributed by atoms with van der Waals surface area (Å²) in [5.74, 6) is -3.64. The Morgan fingerprint density at radius 3 is 2.28 bits per heavy atom. The Balaban J connectivity index is 2.45. The van der Waals surface area contributed by atoms with Crippen molar-refractivity contribution < 1.29 is 34.2 Å². The lowest BCUT2D eigenvalue weighted by molar-refractivity contribution is -0.198. The molecule has 0 aromatic rings. The van der Waals surface area contributed by atoms with E-state index in [2.05, 4.69) is 4.84 Å². The van der Waals surface area contributed by atoms with E-state index in [4.69, 9.17) is 5.11 Å². The summed E-state index contributed by atoms with van der Waals surface area (Å²) >= 11 is 0. The molecule has 18 heavy (non-hydrogen) atoms. The molecule has 2 N–H and O–H groups in total. The zero-order chi connectivity index (χ0) is 13.9. The highest BCUT2D eigenvalue weighted by Crippen LogP contribution is 2.16. The number of aliphatic carboxylic acids is 1.